The van der Waals surface area contributed by atoms with Gasteiger partial charge in [0.25, 0.3) is 0 Å². The van der Waals surface area contributed by atoms with Gasteiger partial charge in [-0.05, 0) is 109 Å². The SMILES string of the molecule is CC/C=C\C/C=C\C/C=C\C/C=C\C/C=C\C/C=C\CCCCCCCCCCCCCCCCCCCCCCCCC(=O)OC(COC(=O)CCCCCCCCCCCCCCCCC/C=C\C/C=C\C/C=C\C/C=C\C/C=C\CC)COC(OCC[N+](C)(C)C)C(=O)[O-]. The maximum Gasteiger partial charge on any atom is 0.306 e. The number of carbonyl (C=O) groups excluding carboxylic acids is 3. The van der Waals surface area contributed by atoms with Crippen LogP contribution in [0, 0.1) is 0 Å². The van der Waals surface area contributed by atoms with Gasteiger partial charge in [-0.3, -0.25) is 9.59 Å². The van der Waals surface area contributed by atoms with E-state index in [2.05, 4.69) is 148 Å². The lowest BCUT2D eigenvalue weighted by atomic mass is 10.0. The first-order valence-corrected chi connectivity index (χ1v) is 40.3. The van der Waals surface area contributed by atoms with Crippen molar-refractivity contribution in [2.24, 2.45) is 0 Å². The highest BCUT2D eigenvalue weighted by Crippen LogP contribution is 2.19. The van der Waals surface area contributed by atoms with Gasteiger partial charge in [0.15, 0.2) is 12.4 Å². The molecular weight excluding hydrogens is 1200 g/mol. The Kier molecular flexibility index (Phi) is 73.5. The lowest BCUT2D eigenvalue weighted by Crippen LogP contribution is -2.44. The molecule has 0 saturated heterocycles. The largest absolute Gasteiger partial charge is 0.545 e. The van der Waals surface area contributed by atoms with E-state index in [-0.39, 0.29) is 38.6 Å². The standard InChI is InChI=1S/C88H151NO8/c1-6-8-10-12-14-16-18-20-22-24-26-28-30-32-34-36-38-39-40-41-42-43-44-45-46-47-49-51-53-55-57-59-61-63-65-67-69-71-73-75-77-79-86(91)97-84(83-96-88(87(92)93)94-81-80-89(3,4)5)82-95-85(90)78-76-74-72-70-68-66-64-62-60-58-56-54-52-50-48-37-35-33-31-29-27-25-23-21-19-17-15-13-11-9-7-2/h8-11,14-17,20-23,26-29,32-35,38-39,84,88H,6-7,12-13,18-19,24-25,30-31,36-37,40-83H2,1-5H3/b10-8-,11-9-,16-14-,17-15-,22-20-,23-21-,28-26-,29-27-,34-32-,35-33-,39-38-. The molecule has 0 aromatic carbocycles. The molecule has 2 atom stereocenters. The highest BCUT2D eigenvalue weighted by molar-refractivity contribution is 5.70. The van der Waals surface area contributed by atoms with Crippen LogP contribution in [0.25, 0.3) is 0 Å². The summed E-state index contributed by atoms with van der Waals surface area (Å²) in [6.07, 6.45) is 109. The van der Waals surface area contributed by atoms with Crippen LogP contribution in [0.4, 0.5) is 0 Å². The summed E-state index contributed by atoms with van der Waals surface area (Å²) in [4.78, 5) is 37.6. The number of aliphatic carboxylic acids is 1. The molecule has 97 heavy (non-hydrogen) atoms. The Balaban J connectivity index is 4.00. The Labute approximate surface area is 599 Å². The summed E-state index contributed by atoms with van der Waals surface area (Å²) >= 11 is 0. The van der Waals surface area contributed by atoms with Gasteiger partial charge < -0.3 is 33.3 Å². The molecule has 2 unspecified atom stereocenters. The molecule has 0 saturated carbocycles. The molecular formula is C88H151NO8. The molecule has 0 fully saturated rings. The first kappa shape index (κ1) is 92.4. The van der Waals surface area contributed by atoms with Gasteiger partial charge >= 0.3 is 11.9 Å². The van der Waals surface area contributed by atoms with E-state index in [1.54, 1.807) is 0 Å². The van der Waals surface area contributed by atoms with Crippen LogP contribution >= 0.6 is 0 Å². The summed E-state index contributed by atoms with van der Waals surface area (Å²) in [5.41, 5.74) is 0. The molecule has 0 amide bonds. The number of carboxylic acid groups (broad SMARTS) is 1. The number of allylic oxidation sites excluding steroid dienone is 22. The molecule has 0 N–H and O–H groups in total. The molecule has 0 aromatic heterocycles. The van der Waals surface area contributed by atoms with Gasteiger partial charge in [0.05, 0.1) is 40.3 Å². The second-order valence-corrected chi connectivity index (χ2v) is 27.9. The van der Waals surface area contributed by atoms with Crippen LogP contribution < -0.4 is 5.11 Å². The number of rotatable bonds is 74. The number of likely N-dealkylation sites (N-methyl/N-ethyl adjacent to an activating group) is 1. The maximum atomic E-state index is 13.0. The molecule has 0 aliphatic carbocycles. The predicted octanol–water partition coefficient (Wildman–Crippen LogP) is 24.7. The van der Waals surface area contributed by atoms with Crippen molar-refractivity contribution in [2.75, 3.05) is 47.5 Å². The summed E-state index contributed by atoms with van der Waals surface area (Å²) in [5.74, 6) is -2.27. The van der Waals surface area contributed by atoms with E-state index in [4.69, 9.17) is 18.9 Å². The highest BCUT2D eigenvalue weighted by atomic mass is 16.7. The predicted molar refractivity (Wildman–Crippen MR) is 416 cm³/mol. The molecule has 0 heterocycles. The van der Waals surface area contributed by atoms with E-state index in [9.17, 15) is 19.5 Å². The van der Waals surface area contributed by atoms with Gasteiger partial charge in [0, 0.05) is 12.8 Å². The van der Waals surface area contributed by atoms with E-state index in [1.807, 2.05) is 21.1 Å². The second-order valence-electron chi connectivity index (χ2n) is 27.9. The van der Waals surface area contributed by atoms with Crippen molar-refractivity contribution in [3.63, 3.8) is 0 Å². The minimum absolute atomic E-state index is 0.145. The minimum atomic E-state index is -1.63. The fourth-order valence-corrected chi connectivity index (χ4v) is 11.3. The summed E-state index contributed by atoms with van der Waals surface area (Å²) < 4.78 is 22.9. The average molecular weight is 1350 g/mol. The van der Waals surface area contributed by atoms with Gasteiger partial charge in [-0.1, -0.05) is 359 Å². The third-order valence-electron chi connectivity index (χ3n) is 17.4. The van der Waals surface area contributed by atoms with Crippen LogP contribution in [-0.4, -0.2) is 82.3 Å². The fraction of sp³-hybridized carbons (Fsp3) is 0.716. The Morgan fingerprint density at radius 3 is 0.825 bits per heavy atom. The first-order chi connectivity index (χ1) is 47.6. The summed E-state index contributed by atoms with van der Waals surface area (Å²) in [7, 11) is 5.94. The summed E-state index contributed by atoms with van der Waals surface area (Å²) in [6.45, 7) is 4.55. The van der Waals surface area contributed by atoms with Crippen molar-refractivity contribution in [3.8, 4) is 0 Å². The number of quaternary nitrogens is 1. The summed E-state index contributed by atoms with van der Waals surface area (Å²) in [6, 6.07) is 0. The van der Waals surface area contributed by atoms with E-state index in [0.29, 0.717) is 17.4 Å². The highest BCUT2D eigenvalue weighted by Gasteiger charge is 2.22. The number of esters is 2. The minimum Gasteiger partial charge on any atom is -0.545 e. The maximum absolute atomic E-state index is 13.0. The number of carboxylic acids is 1. The third-order valence-corrected chi connectivity index (χ3v) is 17.4. The van der Waals surface area contributed by atoms with Crippen molar-refractivity contribution in [2.45, 2.75) is 360 Å². The van der Waals surface area contributed by atoms with E-state index >= 15 is 0 Å². The van der Waals surface area contributed by atoms with Crippen LogP contribution in [0.3, 0.4) is 0 Å². The van der Waals surface area contributed by atoms with E-state index in [1.165, 1.54) is 212 Å². The van der Waals surface area contributed by atoms with Gasteiger partial charge in [-0.25, -0.2) is 0 Å². The van der Waals surface area contributed by atoms with Crippen molar-refractivity contribution >= 4 is 17.9 Å². The van der Waals surface area contributed by atoms with Crippen molar-refractivity contribution in [1.29, 1.82) is 0 Å². The Bertz CT molecular complexity index is 2060. The summed E-state index contributed by atoms with van der Waals surface area (Å²) in [5, 5.41) is 11.9. The molecule has 0 rings (SSSR count). The molecule has 0 aromatic rings. The number of hydrogen-bond donors (Lipinski definition) is 0. The van der Waals surface area contributed by atoms with Crippen LogP contribution in [0.5, 0.6) is 0 Å². The fourth-order valence-electron chi connectivity index (χ4n) is 11.3. The second kappa shape index (κ2) is 77.2. The van der Waals surface area contributed by atoms with Crippen molar-refractivity contribution < 1.29 is 42.9 Å². The van der Waals surface area contributed by atoms with Gasteiger partial charge in [-0.15, -0.1) is 0 Å². The molecule has 0 radical (unpaired) electrons. The topological polar surface area (TPSA) is 111 Å². The van der Waals surface area contributed by atoms with Crippen molar-refractivity contribution in [1.82, 2.24) is 0 Å². The van der Waals surface area contributed by atoms with Crippen LogP contribution in [0.15, 0.2) is 134 Å². The molecule has 0 spiro atoms. The van der Waals surface area contributed by atoms with Crippen molar-refractivity contribution in [3.05, 3.63) is 134 Å². The first-order valence-electron chi connectivity index (χ1n) is 40.3. The normalized spacial score (nSPS) is 13.4. The van der Waals surface area contributed by atoms with Crippen LogP contribution in [-0.2, 0) is 33.3 Å². The lowest BCUT2D eigenvalue weighted by Gasteiger charge is -2.26. The van der Waals surface area contributed by atoms with Crippen LogP contribution in [0.1, 0.15) is 348 Å². The van der Waals surface area contributed by atoms with E-state index in [0.717, 1.165) is 103 Å². The molecule has 0 bridgehead atoms. The zero-order chi connectivity index (χ0) is 70.4. The zero-order valence-corrected chi connectivity index (χ0v) is 63.7. The Morgan fingerprint density at radius 1 is 0.309 bits per heavy atom. The number of ether oxygens (including phenoxy) is 4. The monoisotopic (exact) mass is 1350 g/mol. The molecule has 0 aliphatic heterocycles. The quantitative estimate of drug-likeness (QED) is 0.0195. The van der Waals surface area contributed by atoms with Crippen LogP contribution in [0.2, 0.25) is 0 Å². The van der Waals surface area contributed by atoms with E-state index < -0.39 is 24.3 Å². The molecule has 0 aliphatic rings. The lowest BCUT2D eigenvalue weighted by molar-refractivity contribution is -0.870. The average Bonchev–Trinajstić information content (AvgIpc) is 3.27. The Hall–Kier alpha value is -4.57. The zero-order valence-electron chi connectivity index (χ0n) is 63.7. The third kappa shape index (κ3) is 78.6. The smallest absolute Gasteiger partial charge is 0.306 e. The number of nitrogens with zero attached hydrogens (tertiary/aromatic N) is 1. The Morgan fingerprint density at radius 2 is 0.557 bits per heavy atom. The molecule has 556 valence electrons. The van der Waals surface area contributed by atoms with Gasteiger partial charge in [-0.2, -0.15) is 0 Å². The number of carbonyl (C=O) groups is 3. The number of unbranched alkanes of at least 4 members (excludes halogenated alkanes) is 37. The van der Waals surface area contributed by atoms with Gasteiger partial charge in [0.2, 0.25) is 0 Å². The molecule has 9 nitrogen and oxygen atoms in total. The number of hydrogen-bond acceptors (Lipinski definition) is 8. The molecule has 9 heteroatoms. The van der Waals surface area contributed by atoms with Gasteiger partial charge in [0.1, 0.15) is 13.2 Å².